The van der Waals surface area contributed by atoms with Crippen LogP contribution in [0.3, 0.4) is 0 Å². The average Bonchev–Trinajstić information content (AvgIpc) is 2.71. The van der Waals surface area contributed by atoms with Gasteiger partial charge < -0.3 is 4.74 Å². The fourth-order valence-corrected chi connectivity index (χ4v) is 3.28. The van der Waals surface area contributed by atoms with Crippen LogP contribution in [-0.4, -0.2) is 17.2 Å². The lowest BCUT2D eigenvalue weighted by Crippen LogP contribution is -2.26. The van der Waals surface area contributed by atoms with Crippen molar-refractivity contribution in [1.82, 2.24) is 0 Å². The Morgan fingerprint density at radius 1 is 1.35 bits per heavy atom. The molecule has 1 aliphatic heterocycles. The quantitative estimate of drug-likeness (QED) is 0.775. The third-order valence-corrected chi connectivity index (χ3v) is 4.21. The summed E-state index contributed by atoms with van der Waals surface area (Å²) in [5.41, 5.74) is 1.51. The molecule has 1 unspecified atom stereocenters. The van der Waals surface area contributed by atoms with Gasteiger partial charge in [0.25, 0.3) is 0 Å². The van der Waals surface area contributed by atoms with Crippen LogP contribution >= 0.6 is 0 Å². The molecule has 1 aromatic carbocycles. The summed E-state index contributed by atoms with van der Waals surface area (Å²) in [4.78, 5) is 24.2. The van der Waals surface area contributed by atoms with E-state index in [-0.39, 0.29) is 23.1 Å². The number of ether oxygens (including phenoxy) is 1. The van der Waals surface area contributed by atoms with Crippen molar-refractivity contribution in [1.29, 1.82) is 0 Å². The molecule has 3 nitrogen and oxygen atoms in total. The third-order valence-electron chi connectivity index (χ3n) is 4.21. The molecule has 0 saturated heterocycles. The molecule has 3 heteroatoms. The maximum absolute atomic E-state index is 12.7. The number of benzene rings is 1. The van der Waals surface area contributed by atoms with E-state index in [1.165, 1.54) is 0 Å². The van der Waals surface area contributed by atoms with Crippen molar-refractivity contribution >= 4 is 11.6 Å². The Labute approximate surface area is 119 Å². The second kappa shape index (κ2) is 4.72. The lowest BCUT2D eigenvalue weighted by molar-refractivity contribution is -0.121. The highest BCUT2D eigenvalue weighted by Gasteiger charge is 2.35. The second-order valence-corrected chi connectivity index (χ2v) is 6.53. The van der Waals surface area contributed by atoms with Crippen LogP contribution in [0.5, 0.6) is 5.75 Å². The van der Waals surface area contributed by atoms with E-state index in [0.717, 1.165) is 30.6 Å². The van der Waals surface area contributed by atoms with Gasteiger partial charge in [-0.05, 0) is 38.3 Å². The maximum atomic E-state index is 12.7. The summed E-state index contributed by atoms with van der Waals surface area (Å²) in [5, 5.41) is 0. The lowest BCUT2D eigenvalue weighted by Gasteiger charge is -2.22. The molecule has 0 bridgehead atoms. The minimum atomic E-state index is -0.249. The molecule has 2 aliphatic rings. The Morgan fingerprint density at radius 3 is 2.90 bits per heavy atom. The van der Waals surface area contributed by atoms with Crippen molar-refractivity contribution in [2.24, 2.45) is 5.92 Å². The van der Waals surface area contributed by atoms with Crippen LogP contribution in [0, 0.1) is 5.92 Å². The van der Waals surface area contributed by atoms with Gasteiger partial charge in [-0.3, -0.25) is 9.59 Å². The molecule has 1 aliphatic carbocycles. The number of para-hydroxylation sites is 1. The zero-order valence-corrected chi connectivity index (χ0v) is 12.1. The van der Waals surface area contributed by atoms with Crippen LogP contribution < -0.4 is 4.74 Å². The number of Topliss-reactive ketones (excluding diaryl/α,β-unsaturated/α-hetero) is 2. The fraction of sp³-hybridized carbons (Fsp3) is 0.529. The van der Waals surface area contributed by atoms with Crippen LogP contribution in [-0.2, 0) is 11.2 Å². The Morgan fingerprint density at radius 2 is 2.15 bits per heavy atom. The largest absolute Gasteiger partial charge is 0.486 e. The van der Waals surface area contributed by atoms with Gasteiger partial charge in [-0.25, -0.2) is 0 Å². The van der Waals surface area contributed by atoms with Gasteiger partial charge in [0.05, 0.1) is 5.56 Å². The van der Waals surface area contributed by atoms with E-state index in [0.29, 0.717) is 18.4 Å². The first-order chi connectivity index (χ1) is 9.46. The van der Waals surface area contributed by atoms with E-state index in [9.17, 15) is 9.59 Å². The Balaban J connectivity index is 1.90. The molecule has 1 aromatic rings. The first kappa shape index (κ1) is 13.3. The molecule has 0 spiro atoms. The molecule has 1 atom stereocenters. The molecule has 1 fully saturated rings. The Hall–Kier alpha value is -1.64. The zero-order valence-electron chi connectivity index (χ0n) is 12.1. The van der Waals surface area contributed by atoms with Crippen molar-refractivity contribution in [3.05, 3.63) is 29.3 Å². The SMILES string of the molecule is CC1(C)Cc2cccc(C(=O)C3CCCC(=O)C3)c2O1. The summed E-state index contributed by atoms with van der Waals surface area (Å²) in [7, 11) is 0. The molecular formula is C17H20O3. The predicted molar refractivity (Wildman–Crippen MR) is 76.1 cm³/mol. The first-order valence-corrected chi connectivity index (χ1v) is 7.33. The molecule has 1 heterocycles. The number of hydrogen-bond acceptors (Lipinski definition) is 3. The first-order valence-electron chi connectivity index (χ1n) is 7.33. The monoisotopic (exact) mass is 272 g/mol. The molecule has 1 saturated carbocycles. The predicted octanol–water partition coefficient (Wildman–Crippen LogP) is 3.34. The average molecular weight is 272 g/mol. The summed E-state index contributed by atoms with van der Waals surface area (Å²) in [6, 6.07) is 5.77. The van der Waals surface area contributed by atoms with Gasteiger partial charge >= 0.3 is 0 Å². The van der Waals surface area contributed by atoms with E-state index in [2.05, 4.69) is 0 Å². The summed E-state index contributed by atoms with van der Waals surface area (Å²) >= 11 is 0. The van der Waals surface area contributed by atoms with Crippen molar-refractivity contribution < 1.29 is 14.3 Å². The van der Waals surface area contributed by atoms with Crippen LogP contribution in [0.4, 0.5) is 0 Å². The number of rotatable bonds is 2. The molecule has 0 amide bonds. The summed E-state index contributed by atoms with van der Waals surface area (Å²) in [6.45, 7) is 4.07. The van der Waals surface area contributed by atoms with Gasteiger partial charge in [0.1, 0.15) is 17.1 Å². The van der Waals surface area contributed by atoms with E-state index < -0.39 is 0 Å². The second-order valence-electron chi connectivity index (χ2n) is 6.53. The van der Waals surface area contributed by atoms with Crippen molar-refractivity contribution in [2.45, 2.75) is 51.6 Å². The van der Waals surface area contributed by atoms with E-state index in [4.69, 9.17) is 4.74 Å². The zero-order chi connectivity index (χ0) is 14.3. The third kappa shape index (κ3) is 2.37. The minimum Gasteiger partial charge on any atom is -0.486 e. The summed E-state index contributed by atoms with van der Waals surface area (Å²) in [5.74, 6) is 0.867. The highest BCUT2D eigenvalue weighted by Crippen LogP contribution is 2.39. The van der Waals surface area contributed by atoms with Crippen LogP contribution in [0.15, 0.2) is 18.2 Å². The summed E-state index contributed by atoms with van der Waals surface area (Å²) < 4.78 is 5.96. The van der Waals surface area contributed by atoms with E-state index in [1.54, 1.807) is 0 Å². The van der Waals surface area contributed by atoms with Crippen LogP contribution in [0.25, 0.3) is 0 Å². The number of fused-ring (bicyclic) bond motifs is 1. The van der Waals surface area contributed by atoms with E-state index >= 15 is 0 Å². The molecule has 0 radical (unpaired) electrons. The van der Waals surface area contributed by atoms with Crippen molar-refractivity contribution in [3.63, 3.8) is 0 Å². The fourth-order valence-electron chi connectivity index (χ4n) is 3.28. The number of ketones is 2. The van der Waals surface area contributed by atoms with Gasteiger partial charge in [-0.1, -0.05) is 12.1 Å². The standard InChI is InChI=1S/C17H20O3/c1-17(2)10-12-6-4-8-14(16(12)20-17)15(19)11-5-3-7-13(18)9-11/h4,6,8,11H,3,5,7,9-10H2,1-2H3. The van der Waals surface area contributed by atoms with Gasteiger partial charge in [-0.2, -0.15) is 0 Å². The van der Waals surface area contributed by atoms with Crippen LogP contribution in [0.2, 0.25) is 0 Å². The Kier molecular flexibility index (Phi) is 3.15. The number of hydrogen-bond donors (Lipinski definition) is 0. The highest BCUT2D eigenvalue weighted by molar-refractivity contribution is 6.03. The van der Waals surface area contributed by atoms with Crippen molar-refractivity contribution in [3.8, 4) is 5.75 Å². The highest BCUT2D eigenvalue weighted by atomic mass is 16.5. The maximum Gasteiger partial charge on any atom is 0.170 e. The van der Waals surface area contributed by atoms with Gasteiger partial charge in [0, 0.05) is 25.2 Å². The molecule has 20 heavy (non-hydrogen) atoms. The molecular weight excluding hydrogens is 252 g/mol. The van der Waals surface area contributed by atoms with Gasteiger partial charge in [0.15, 0.2) is 5.78 Å². The van der Waals surface area contributed by atoms with Crippen LogP contribution in [0.1, 0.15) is 55.5 Å². The van der Waals surface area contributed by atoms with Crippen molar-refractivity contribution in [2.75, 3.05) is 0 Å². The normalized spacial score (nSPS) is 24.1. The molecule has 0 aromatic heterocycles. The summed E-state index contributed by atoms with van der Waals surface area (Å²) in [6.07, 6.45) is 3.49. The lowest BCUT2D eigenvalue weighted by atomic mass is 9.82. The topological polar surface area (TPSA) is 43.4 Å². The smallest absolute Gasteiger partial charge is 0.170 e. The Bertz CT molecular complexity index is 572. The van der Waals surface area contributed by atoms with Gasteiger partial charge in [0.2, 0.25) is 0 Å². The number of carbonyl (C=O) groups is 2. The molecule has 106 valence electrons. The minimum absolute atomic E-state index is 0.0765. The number of carbonyl (C=O) groups excluding carboxylic acids is 2. The molecule has 3 rings (SSSR count). The van der Waals surface area contributed by atoms with Gasteiger partial charge in [-0.15, -0.1) is 0 Å². The van der Waals surface area contributed by atoms with E-state index in [1.807, 2.05) is 32.0 Å². The molecule has 0 N–H and O–H groups in total.